The first-order chi connectivity index (χ1) is 6.56. The van der Waals surface area contributed by atoms with Gasteiger partial charge in [0.1, 0.15) is 5.75 Å². The maximum Gasteiger partial charge on any atom is 0.573 e. The van der Waals surface area contributed by atoms with Crippen LogP contribution in [-0.4, -0.2) is 6.36 Å². The van der Waals surface area contributed by atoms with Crippen LogP contribution >= 0.6 is 11.3 Å². The molecule has 0 spiro atoms. The van der Waals surface area contributed by atoms with E-state index in [9.17, 15) is 13.2 Å². The summed E-state index contributed by atoms with van der Waals surface area (Å²) in [6, 6.07) is 6.15. The fraction of sp³-hybridized carbons (Fsp3) is 0.111. The number of ether oxygens (including phenoxy) is 1. The third-order valence-electron chi connectivity index (χ3n) is 1.61. The highest BCUT2D eigenvalue weighted by atomic mass is 32.1. The summed E-state index contributed by atoms with van der Waals surface area (Å²) >= 11 is 1.10. The molecule has 0 bridgehead atoms. The first kappa shape index (κ1) is 9.33. The Morgan fingerprint density at radius 1 is 1.29 bits per heavy atom. The zero-order valence-electron chi connectivity index (χ0n) is 6.76. The third kappa shape index (κ3) is 1.82. The number of thiophene rings is 1. The molecule has 0 saturated carbocycles. The fourth-order valence-electron chi connectivity index (χ4n) is 1.11. The third-order valence-corrected chi connectivity index (χ3v) is 2.49. The molecule has 1 heterocycles. The Hall–Kier alpha value is -1.23. The normalized spacial score (nSPS) is 11.9. The molecule has 1 aromatic heterocycles. The molecule has 0 saturated heterocycles. The summed E-state index contributed by atoms with van der Waals surface area (Å²) in [5, 5.41) is 3.46. The lowest BCUT2D eigenvalue weighted by Gasteiger charge is -2.08. The maximum atomic E-state index is 11.9. The molecule has 0 atom stereocenters. The van der Waals surface area contributed by atoms with Crippen LogP contribution in [0.15, 0.2) is 24.3 Å². The summed E-state index contributed by atoms with van der Waals surface area (Å²) in [4.78, 5) is 0. The van der Waals surface area contributed by atoms with Crippen LogP contribution in [0.4, 0.5) is 13.2 Å². The van der Waals surface area contributed by atoms with Gasteiger partial charge in [-0.3, -0.25) is 0 Å². The van der Waals surface area contributed by atoms with Gasteiger partial charge in [-0.25, -0.2) is 0 Å². The molecule has 2 aromatic rings. The van der Waals surface area contributed by atoms with E-state index in [1.54, 1.807) is 12.1 Å². The maximum absolute atomic E-state index is 11.9. The first-order valence-electron chi connectivity index (χ1n) is 3.70. The van der Waals surface area contributed by atoms with Crippen molar-refractivity contribution >= 4 is 21.4 Å². The topological polar surface area (TPSA) is 9.23 Å². The number of rotatable bonds is 1. The molecule has 1 nitrogen and oxygen atoms in total. The van der Waals surface area contributed by atoms with Crippen molar-refractivity contribution < 1.29 is 17.9 Å². The van der Waals surface area contributed by atoms with Gasteiger partial charge in [-0.15, -0.1) is 24.5 Å². The lowest BCUT2D eigenvalue weighted by Crippen LogP contribution is -2.17. The number of hydrogen-bond donors (Lipinski definition) is 0. The molecule has 0 aliphatic rings. The molecule has 0 N–H and O–H groups in total. The minimum absolute atomic E-state index is 0.166. The lowest BCUT2D eigenvalue weighted by atomic mass is 10.2. The standard InChI is InChI=1S/C9H4F3OS/c10-9(11,12)13-7-3-1-2-6-4-5-14-8(6)7/h1-4H. The van der Waals surface area contributed by atoms with E-state index in [0.29, 0.717) is 10.1 Å². The predicted octanol–water partition coefficient (Wildman–Crippen LogP) is 3.60. The molecule has 0 unspecified atom stereocenters. The highest BCUT2D eigenvalue weighted by Gasteiger charge is 2.31. The highest BCUT2D eigenvalue weighted by Crippen LogP contribution is 2.33. The molecule has 1 aromatic carbocycles. The molecule has 0 aliphatic carbocycles. The summed E-state index contributed by atoms with van der Waals surface area (Å²) in [7, 11) is 0. The van der Waals surface area contributed by atoms with Gasteiger partial charge in [0.2, 0.25) is 0 Å². The Morgan fingerprint density at radius 2 is 2.07 bits per heavy atom. The van der Waals surface area contributed by atoms with Crippen molar-refractivity contribution in [3.63, 3.8) is 0 Å². The van der Waals surface area contributed by atoms with Crippen LogP contribution in [0, 0.1) is 5.38 Å². The molecule has 0 fully saturated rings. The van der Waals surface area contributed by atoms with Crippen molar-refractivity contribution in [2.45, 2.75) is 6.36 Å². The van der Waals surface area contributed by atoms with Gasteiger partial charge in [0.15, 0.2) is 0 Å². The summed E-state index contributed by atoms with van der Waals surface area (Å²) in [5.74, 6) is -0.166. The van der Waals surface area contributed by atoms with Crippen LogP contribution in [0.5, 0.6) is 5.75 Å². The number of benzene rings is 1. The van der Waals surface area contributed by atoms with E-state index in [4.69, 9.17) is 0 Å². The highest BCUT2D eigenvalue weighted by molar-refractivity contribution is 7.17. The van der Waals surface area contributed by atoms with Crippen molar-refractivity contribution in [3.05, 3.63) is 29.6 Å². The minimum atomic E-state index is -4.64. The molecular weight excluding hydrogens is 213 g/mol. The number of hydrogen-bond acceptors (Lipinski definition) is 2. The van der Waals surface area contributed by atoms with E-state index in [1.807, 2.05) is 0 Å². The van der Waals surface area contributed by atoms with Gasteiger partial charge in [0.25, 0.3) is 0 Å². The summed E-state index contributed by atoms with van der Waals surface area (Å²) in [5.41, 5.74) is 0. The molecule has 1 radical (unpaired) electrons. The zero-order valence-corrected chi connectivity index (χ0v) is 7.58. The Kier molecular flexibility index (Phi) is 2.11. The van der Waals surface area contributed by atoms with Gasteiger partial charge in [0.05, 0.1) is 4.70 Å². The molecule has 73 valence electrons. The van der Waals surface area contributed by atoms with Crippen LogP contribution < -0.4 is 4.74 Å². The Morgan fingerprint density at radius 3 is 2.79 bits per heavy atom. The first-order valence-corrected chi connectivity index (χ1v) is 4.52. The van der Waals surface area contributed by atoms with Crippen LogP contribution in [0.25, 0.3) is 10.1 Å². The van der Waals surface area contributed by atoms with Crippen LogP contribution in [0.1, 0.15) is 0 Å². The molecule has 5 heteroatoms. The largest absolute Gasteiger partial charge is 0.573 e. The Bertz CT molecular complexity index is 446. The summed E-state index contributed by atoms with van der Waals surface area (Å²) in [6.45, 7) is 0. The van der Waals surface area contributed by atoms with Gasteiger partial charge in [0, 0.05) is 5.38 Å². The van der Waals surface area contributed by atoms with Gasteiger partial charge in [-0.2, -0.15) is 0 Å². The second-order valence-corrected chi connectivity index (χ2v) is 3.43. The molecule has 2 rings (SSSR count). The predicted molar refractivity (Wildman–Crippen MR) is 47.3 cm³/mol. The number of alkyl halides is 3. The quantitative estimate of drug-likeness (QED) is 0.709. The number of halogens is 3. The van der Waals surface area contributed by atoms with Crippen LogP contribution in [0.2, 0.25) is 0 Å². The molecular formula is C9H4F3OS. The van der Waals surface area contributed by atoms with E-state index < -0.39 is 6.36 Å². The van der Waals surface area contributed by atoms with Crippen LogP contribution in [0.3, 0.4) is 0 Å². The average molecular weight is 217 g/mol. The minimum Gasteiger partial charge on any atom is -0.404 e. The Balaban J connectivity index is 2.46. The fourth-order valence-corrected chi connectivity index (χ4v) is 1.87. The van der Waals surface area contributed by atoms with Gasteiger partial charge in [-0.1, -0.05) is 12.1 Å². The van der Waals surface area contributed by atoms with Crippen molar-refractivity contribution in [3.8, 4) is 5.75 Å². The second kappa shape index (κ2) is 3.16. The van der Waals surface area contributed by atoms with Gasteiger partial charge < -0.3 is 4.74 Å². The monoisotopic (exact) mass is 217 g/mol. The molecule has 14 heavy (non-hydrogen) atoms. The van der Waals surface area contributed by atoms with E-state index in [1.165, 1.54) is 12.1 Å². The lowest BCUT2D eigenvalue weighted by molar-refractivity contribution is -0.274. The Labute approximate surface area is 81.7 Å². The number of fused-ring (bicyclic) bond motifs is 1. The molecule has 0 aliphatic heterocycles. The van der Waals surface area contributed by atoms with Crippen LogP contribution in [-0.2, 0) is 0 Å². The summed E-state index contributed by atoms with van der Waals surface area (Å²) in [6.07, 6.45) is -4.64. The van der Waals surface area contributed by atoms with Crippen molar-refractivity contribution in [2.75, 3.05) is 0 Å². The van der Waals surface area contributed by atoms with E-state index in [-0.39, 0.29) is 5.75 Å². The summed E-state index contributed by atoms with van der Waals surface area (Å²) < 4.78 is 40.2. The average Bonchev–Trinajstić information content (AvgIpc) is 2.49. The van der Waals surface area contributed by atoms with Crippen molar-refractivity contribution in [2.24, 2.45) is 0 Å². The van der Waals surface area contributed by atoms with Gasteiger partial charge in [-0.05, 0) is 17.5 Å². The zero-order chi connectivity index (χ0) is 10.2. The van der Waals surface area contributed by atoms with Crippen molar-refractivity contribution in [1.29, 1.82) is 0 Å². The SMILES string of the molecule is FC(F)(F)Oc1cccc2c[c]sc12. The van der Waals surface area contributed by atoms with Crippen molar-refractivity contribution in [1.82, 2.24) is 0 Å². The molecule has 0 amide bonds. The smallest absolute Gasteiger partial charge is 0.404 e. The second-order valence-electron chi connectivity index (χ2n) is 2.59. The van der Waals surface area contributed by atoms with E-state index in [2.05, 4.69) is 10.1 Å². The van der Waals surface area contributed by atoms with E-state index >= 15 is 0 Å². The van der Waals surface area contributed by atoms with E-state index in [0.717, 1.165) is 11.3 Å². The van der Waals surface area contributed by atoms with Gasteiger partial charge >= 0.3 is 6.36 Å².